The van der Waals surface area contributed by atoms with Crippen molar-refractivity contribution in [2.24, 2.45) is 0 Å². The second-order valence-corrected chi connectivity index (χ2v) is 9.54. The van der Waals surface area contributed by atoms with Gasteiger partial charge in [0.15, 0.2) is 0 Å². The van der Waals surface area contributed by atoms with E-state index in [1.54, 1.807) is 6.92 Å². The van der Waals surface area contributed by atoms with Crippen LogP contribution in [0.15, 0.2) is 47.4 Å². The number of likely N-dealkylation sites (tertiary alicyclic amines) is 1. The fourth-order valence-corrected chi connectivity index (χ4v) is 5.06. The molecule has 162 valence electrons. The van der Waals surface area contributed by atoms with Crippen LogP contribution in [0.1, 0.15) is 30.0 Å². The van der Waals surface area contributed by atoms with E-state index in [4.69, 9.17) is 0 Å². The second-order valence-electron chi connectivity index (χ2n) is 7.80. The molecule has 0 amide bonds. The zero-order chi connectivity index (χ0) is 21.9. The molecule has 2 aromatic carbocycles. The van der Waals surface area contributed by atoms with Crippen molar-refractivity contribution in [3.63, 3.8) is 0 Å². The topological polar surface area (TPSA) is 95.8 Å². The van der Waals surface area contributed by atoms with Crippen LogP contribution in [0.3, 0.4) is 0 Å². The molecule has 1 N–H and O–H groups in total. The zero-order valence-electron chi connectivity index (χ0n) is 17.5. The van der Waals surface area contributed by atoms with Crippen molar-refractivity contribution in [2.75, 3.05) is 38.6 Å². The van der Waals surface area contributed by atoms with E-state index in [1.165, 1.54) is 12.1 Å². The number of hydrogen-bond acceptors (Lipinski definition) is 6. The van der Waals surface area contributed by atoms with Crippen molar-refractivity contribution in [2.45, 2.75) is 30.7 Å². The number of non-ortho nitro benzene ring substituents is 1. The van der Waals surface area contributed by atoms with Crippen molar-refractivity contribution in [1.29, 1.82) is 0 Å². The van der Waals surface area contributed by atoms with Gasteiger partial charge in [0.1, 0.15) is 0 Å². The molecule has 0 saturated carbocycles. The molecule has 1 unspecified atom stereocenters. The van der Waals surface area contributed by atoms with Gasteiger partial charge >= 0.3 is 0 Å². The fourth-order valence-electron chi connectivity index (χ4n) is 3.76. The average Bonchev–Trinajstić information content (AvgIpc) is 3.23. The molecule has 0 spiro atoms. The van der Waals surface area contributed by atoms with Gasteiger partial charge in [-0.2, -0.15) is 0 Å². The van der Waals surface area contributed by atoms with Gasteiger partial charge in [-0.25, -0.2) is 13.1 Å². The highest BCUT2D eigenvalue weighted by Crippen LogP contribution is 2.27. The lowest BCUT2D eigenvalue weighted by molar-refractivity contribution is -0.385. The van der Waals surface area contributed by atoms with Crippen LogP contribution in [0, 0.1) is 17.0 Å². The first-order valence-electron chi connectivity index (χ1n) is 9.95. The van der Waals surface area contributed by atoms with E-state index >= 15 is 0 Å². The standard InChI is InChI=1S/C21H28N4O4S/c1-16-6-9-19(25(26)27)14-21(16)30(28,29)22-15-20(24-12-4-5-13-24)17-7-10-18(11-8-17)23(2)3/h6-11,14,20,22H,4-5,12-13,15H2,1-3H3. The second kappa shape index (κ2) is 9.11. The molecule has 0 aromatic heterocycles. The van der Waals surface area contributed by atoms with Gasteiger partial charge in [-0.05, 0) is 56.1 Å². The van der Waals surface area contributed by atoms with Crippen LogP contribution in [0.5, 0.6) is 0 Å². The van der Waals surface area contributed by atoms with Crippen LogP contribution in [0.25, 0.3) is 0 Å². The number of nitrogens with zero attached hydrogens (tertiary/aromatic N) is 3. The summed E-state index contributed by atoms with van der Waals surface area (Å²) < 4.78 is 28.6. The lowest BCUT2D eigenvalue weighted by Crippen LogP contribution is -2.37. The Morgan fingerprint density at radius 3 is 2.33 bits per heavy atom. The number of sulfonamides is 1. The van der Waals surface area contributed by atoms with Gasteiger partial charge < -0.3 is 4.90 Å². The van der Waals surface area contributed by atoms with Crippen molar-refractivity contribution >= 4 is 21.4 Å². The van der Waals surface area contributed by atoms with Crippen LogP contribution < -0.4 is 9.62 Å². The van der Waals surface area contributed by atoms with Crippen molar-refractivity contribution < 1.29 is 13.3 Å². The van der Waals surface area contributed by atoms with E-state index in [9.17, 15) is 18.5 Å². The third-order valence-corrected chi connectivity index (χ3v) is 7.08. The first kappa shape index (κ1) is 22.2. The molecule has 1 fully saturated rings. The normalized spacial score (nSPS) is 15.8. The molecule has 1 heterocycles. The first-order chi connectivity index (χ1) is 14.2. The predicted octanol–water partition coefficient (Wildman–Crippen LogP) is 3.08. The maximum absolute atomic E-state index is 13.0. The predicted molar refractivity (Wildman–Crippen MR) is 117 cm³/mol. The Hall–Kier alpha value is -2.49. The Morgan fingerprint density at radius 1 is 1.13 bits per heavy atom. The summed E-state index contributed by atoms with van der Waals surface area (Å²) in [4.78, 5) is 14.7. The van der Waals surface area contributed by atoms with Crippen LogP contribution in [-0.2, 0) is 10.0 Å². The number of aryl methyl sites for hydroxylation is 1. The van der Waals surface area contributed by atoms with Gasteiger partial charge in [-0.15, -0.1) is 0 Å². The molecule has 30 heavy (non-hydrogen) atoms. The van der Waals surface area contributed by atoms with Gasteiger partial charge in [0, 0.05) is 44.5 Å². The highest BCUT2D eigenvalue weighted by atomic mass is 32.2. The summed E-state index contributed by atoms with van der Waals surface area (Å²) >= 11 is 0. The summed E-state index contributed by atoms with van der Waals surface area (Å²) in [7, 11) is 0.0588. The van der Waals surface area contributed by atoms with E-state index in [2.05, 4.69) is 9.62 Å². The number of rotatable bonds is 8. The van der Waals surface area contributed by atoms with E-state index in [0.29, 0.717) is 5.56 Å². The third-order valence-electron chi connectivity index (χ3n) is 5.51. The van der Waals surface area contributed by atoms with E-state index < -0.39 is 14.9 Å². The molecule has 8 nitrogen and oxygen atoms in total. The lowest BCUT2D eigenvalue weighted by atomic mass is 10.1. The Bertz CT molecular complexity index is 1000. The van der Waals surface area contributed by atoms with Gasteiger partial charge in [0.05, 0.1) is 9.82 Å². The maximum atomic E-state index is 13.0. The molecule has 9 heteroatoms. The SMILES string of the molecule is Cc1ccc([N+](=O)[O-])cc1S(=O)(=O)NCC(c1ccc(N(C)C)cc1)N1CCCC1. The van der Waals surface area contributed by atoms with Crippen LogP contribution in [0.2, 0.25) is 0 Å². The maximum Gasteiger partial charge on any atom is 0.270 e. The Balaban J connectivity index is 1.85. The fraction of sp³-hybridized carbons (Fsp3) is 0.429. The van der Waals surface area contributed by atoms with E-state index in [0.717, 1.165) is 43.2 Å². The monoisotopic (exact) mass is 432 g/mol. The quantitative estimate of drug-likeness (QED) is 0.509. The van der Waals surface area contributed by atoms with Crippen LogP contribution in [-0.4, -0.2) is 52.0 Å². The molecule has 1 atom stereocenters. The van der Waals surface area contributed by atoms with Crippen molar-refractivity contribution in [3.8, 4) is 0 Å². The van der Waals surface area contributed by atoms with Crippen molar-refractivity contribution in [1.82, 2.24) is 9.62 Å². The Kier molecular flexibility index (Phi) is 6.74. The number of nitro benzene ring substituents is 1. The summed E-state index contributed by atoms with van der Waals surface area (Å²) in [5, 5.41) is 11.1. The molecule has 1 saturated heterocycles. The summed E-state index contributed by atoms with van der Waals surface area (Å²) in [6, 6.07) is 11.9. The lowest BCUT2D eigenvalue weighted by Gasteiger charge is -2.28. The van der Waals surface area contributed by atoms with Gasteiger partial charge in [-0.1, -0.05) is 18.2 Å². The highest BCUT2D eigenvalue weighted by molar-refractivity contribution is 7.89. The molecule has 2 aromatic rings. The highest BCUT2D eigenvalue weighted by Gasteiger charge is 2.27. The molecule has 0 aliphatic carbocycles. The number of nitro groups is 1. The largest absolute Gasteiger partial charge is 0.378 e. The molecule has 0 bridgehead atoms. The summed E-state index contributed by atoms with van der Waals surface area (Å²) in [6.07, 6.45) is 2.17. The van der Waals surface area contributed by atoms with Crippen LogP contribution in [0.4, 0.5) is 11.4 Å². The minimum Gasteiger partial charge on any atom is -0.378 e. The van der Waals surface area contributed by atoms with E-state index in [1.807, 2.05) is 43.3 Å². The molecular weight excluding hydrogens is 404 g/mol. The first-order valence-corrected chi connectivity index (χ1v) is 11.4. The van der Waals surface area contributed by atoms with Gasteiger partial charge in [0.25, 0.3) is 5.69 Å². The average molecular weight is 433 g/mol. The number of anilines is 1. The summed E-state index contributed by atoms with van der Waals surface area (Å²) in [5.74, 6) is 0. The molecular formula is C21H28N4O4S. The third kappa shape index (κ3) is 4.97. The minimum atomic E-state index is -3.89. The molecule has 3 rings (SSSR count). The molecule has 0 radical (unpaired) electrons. The Morgan fingerprint density at radius 2 is 1.77 bits per heavy atom. The molecule has 1 aliphatic heterocycles. The minimum absolute atomic E-state index is 0.0557. The van der Waals surface area contributed by atoms with Crippen LogP contribution >= 0.6 is 0 Å². The van der Waals surface area contributed by atoms with Crippen molar-refractivity contribution in [3.05, 3.63) is 63.7 Å². The smallest absolute Gasteiger partial charge is 0.270 e. The number of benzene rings is 2. The van der Waals surface area contributed by atoms with Gasteiger partial charge in [-0.3, -0.25) is 15.0 Å². The number of nitrogens with one attached hydrogen (secondary N) is 1. The zero-order valence-corrected chi connectivity index (χ0v) is 18.4. The number of hydrogen-bond donors (Lipinski definition) is 1. The van der Waals surface area contributed by atoms with E-state index in [-0.39, 0.29) is 23.2 Å². The Labute approximate surface area is 177 Å². The summed E-state index contributed by atoms with van der Waals surface area (Å²) in [5.41, 5.74) is 2.35. The molecule has 1 aliphatic rings. The van der Waals surface area contributed by atoms with Gasteiger partial charge in [0.2, 0.25) is 10.0 Å². The summed E-state index contributed by atoms with van der Waals surface area (Å²) in [6.45, 7) is 3.66.